The molecule has 6 rings (SSSR count). The molecular weight excluding hydrogens is 527 g/mol. The van der Waals surface area contributed by atoms with Gasteiger partial charge in [0.1, 0.15) is 28.3 Å². The van der Waals surface area contributed by atoms with Crippen LogP contribution in [0.4, 0.5) is 21.2 Å². The second-order valence-corrected chi connectivity index (χ2v) is 11.6. The van der Waals surface area contributed by atoms with Gasteiger partial charge in [-0.25, -0.2) is 14.4 Å². The van der Waals surface area contributed by atoms with E-state index in [9.17, 15) is 14.8 Å². The van der Waals surface area contributed by atoms with Crippen LogP contribution in [0.5, 0.6) is 0 Å². The van der Waals surface area contributed by atoms with Crippen molar-refractivity contribution in [2.45, 2.75) is 38.6 Å². The number of aliphatic hydroxyl groups excluding tert-OH is 1. The lowest BCUT2D eigenvalue weighted by molar-refractivity contribution is 0.107. The number of aromatic nitrogens is 4. The van der Waals surface area contributed by atoms with Crippen molar-refractivity contribution in [3.05, 3.63) is 52.8 Å². The third-order valence-electron chi connectivity index (χ3n) is 8.19. The molecule has 0 bridgehead atoms. The summed E-state index contributed by atoms with van der Waals surface area (Å²) in [5, 5.41) is 25.0. The molecule has 2 saturated heterocycles. The van der Waals surface area contributed by atoms with Crippen LogP contribution < -0.4 is 9.80 Å². The Labute approximate surface area is 237 Å². The summed E-state index contributed by atoms with van der Waals surface area (Å²) in [7, 11) is 1.92. The van der Waals surface area contributed by atoms with Crippen LogP contribution in [0, 0.1) is 23.1 Å². The summed E-state index contributed by atoms with van der Waals surface area (Å²) in [5.74, 6) is 1.85. The highest BCUT2D eigenvalue weighted by molar-refractivity contribution is 7.16. The minimum Gasteiger partial charge on any atom is -0.396 e. The van der Waals surface area contributed by atoms with Crippen molar-refractivity contribution in [2.75, 3.05) is 49.6 Å². The second-order valence-electron chi connectivity index (χ2n) is 10.6. The van der Waals surface area contributed by atoms with Gasteiger partial charge in [0.15, 0.2) is 16.6 Å². The van der Waals surface area contributed by atoms with Crippen molar-refractivity contribution in [1.82, 2.24) is 24.5 Å². The monoisotopic (exact) mass is 560 g/mol. The molecule has 0 amide bonds. The molecule has 11 heteroatoms. The average Bonchev–Trinajstić information content (AvgIpc) is 3.74. The maximum absolute atomic E-state index is 13.5. The van der Waals surface area contributed by atoms with E-state index in [-0.39, 0.29) is 5.82 Å². The molecule has 2 fully saturated rings. The average molecular weight is 561 g/mol. The Morgan fingerprint density at radius 2 is 1.88 bits per heavy atom. The lowest BCUT2D eigenvalue weighted by Crippen LogP contribution is -2.43. The topological polar surface area (TPSA) is 96.8 Å². The van der Waals surface area contributed by atoms with E-state index in [0.717, 1.165) is 74.8 Å². The Bertz CT molecular complexity index is 1540. The fourth-order valence-electron chi connectivity index (χ4n) is 5.87. The number of halogens is 1. The van der Waals surface area contributed by atoms with Gasteiger partial charge in [0.2, 0.25) is 0 Å². The number of imidazole rings is 1. The number of piperidine rings is 1. The van der Waals surface area contributed by atoms with E-state index in [1.807, 2.05) is 22.5 Å². The summed E-state index contributed by atoms with van der Waals surface area (Å²) in [6.07, 6.45) is 3.95. The normalized spacial score (nSPS) is 18.5. The molecule has 1 unspecified atom stereocenters. The highest BCUT2D eigenvalue weighted by atomic mass is 32.1. The highest BCUT2D eigenvalue weighted by Gasteiger charge is 2.31. The Morgan fingerprint density at radius 1 is 1.10 bits per heavy atom. The van der Waals surface area contributed by atoms with E-state index in [4.69, 9.17) is 15.1 Å². The number of rotatable bonds is 7. The summed E-state index contributed by atoms with van der Waals surface area (Å²) in [4.78, 5) is 17.0. The summed E-state index contributed by atoms with van der Waals surface area (Å²) in [5.41, 5.74) is 2.91. The fourth-order valence-corrected chi connectivity index (χ4v) is 6.72. The number of thiazole rings is 1. The Morgan fingerprint density at radius 3 is 2.58 bits per heavy atom. The third-order valence-corrected chi connectivity index (χ3v) is 9.23. The van der Waals surface area contributed by atoms with E-state index in [2.05, 4.69) is 28.9 Å². The number of anilines is 3. The lowest BCUT2D eigenvalue weighted by atomic mass is 9.96. The summed E-state index contributed by atoms with van der Waals surface area (Å²) < 4.78 is 15.4. The molecule has 40 heavy (non-hydrogen) atoms. The molecule has 5 heterocycles. The van der Waals surface area contributed by atoms with Crippen molar-refractivity contribution >= 4 is 33.8 Å². The van der Waals surface area contributed by atoms with Gasteiger partial charge < -0.3 is 14.9 Å². The standard InChI is InChI=1S/C29H33FN8OS/c1-3-23-28(35(2)29-33-27(24(16-31)40-29)20-4-6-21(30)7-5-20)38-25(32-23)8-9-26(34-38)37-15-12-22(17-37)36-13-10-19(18-39)11-14-36/h4-9,19,22,39H,3,10-15,17-18H2,1-2H3. The zero-order valence-electron chi connectivity index (χ0n) is 22.8. The molecule has 4 aromatic rings. The van der Waals surface area contributed by atoms with Gasteiger partial charge in [-0.15, -0.1) is 5.10 Å². The van der Waals surface area contributed by atoms with Crippen LogP contribution in [0.3, 0.4) is 0 Å². The van der Waals surface area contributed by atoms with Gasteiger partial charge in [0, 0.05) is 38.3 Å². The summed E-state index contributed by atoms with van der Waals surface area (Å²) >= 11 is 1.30. The lowest BCUT2D eigenvalue weighted by Gasteiger charge is -2.35. The largest absolute Gasteiger partial charge is 0.396 e. The third kappa shape index (κ3) is 4.91. The minimum atomic E-state index is -0.328. The number of benzene rings is 1. The zero-order chi connectivity index (χ0) is 27.8. The van der Waals surface area contributed by atoms with E-state index in [0.29, 0.717) is 39.8 Å². The Hall–Kier alpha value is -3.59. The molecule has 9 nitrogen and oxygen atoms in total. The van der Waals surface area contributed by atoms with E-state index in [1.54, 1.807) is 12.1 Å². The second kappa shape index (κ2) is 11.1. The maximum Gasteiger partial charge on any atom is 0.192 e. The highest BCUT2D eigenvalue weighted by Crippen LogP contribution is 2.37. The number of likely N-dealkylation sites (tertiary alicyclic amines) is 1. The fraction of sp³-hybridized carbons (Fsp3) is 0.448. The molecule has 0 radical (unpaired) electrons. The molecule has 1 N–H and O–H groups in total. The van der Waals surface area contributed by atoms with Gasteiger partial charge >= 0.3 is 0 Å². The van der Waals surface area contributed by atoms with Crippen LogP contribution in [0.1, 0.15) is 36.8 Å². The smallest absolute Gasteiger partial charge is 0.192 e. The van der Waals surface area contributed by atoms with Gasteiger partial charge in [0.25, 0.3) is 0 Å². The molecule has 0 saturated carbocycles. The van der Waals surface area contributed by atoms with E-state index < -0.39 is 0 Å². The predicted molar refractivity (Wildman–Crippen MR) is 155 cm³/mol. The SMILES string of the molecule is CCc1nc2ccc(N3CCC(N4CCC(CO)CC4)C3)nn2c1N(C)c1nc(-c2ccc(F)cc2)c(C#N)s1. The summed E-state index contributed by atoms with van der Waals surface area (Å²) in [6.45, 7) is 6.33. The molecule has 2 aliphatic heterocycles. The molecule has 0 aliphatic carbocycles. The predicted octanol–water partition coefficient (Wildman–Crippen LogP) is 4.48. The van der Waals surface area contributed by atoms with Crippen LogP contribution in [-0.2, 0) is 6.42 Å². The van der Waals surface area contributed by atoms with Gasteiger partial charge in [-0.2, -0.15) is 9.78 Å². The number of nitriles is 1. The van der Waals surface area contributed by atoms with Crippen molar-refractivity contribution in [2.24, 2.45) is 5.92 Å². The van der Waals surface area contributed by atoms with Crippen LogP contribution in [0.15, 0.2) is 36.4 Å². The molecular formula is C29H33FN8OS. The molecule has 3 aromatic heterocycles. The van der Waals surface area contributed by atoms with Crippen LogP contribution in [0.25, 0.3) is 16.9 Å². The van der Waals surface area contributed by atoms with Gasteiger partial charge in [0.05, 0.1) is 5.69 Å². The first-order chi connectivity index (χ1) is 19.5. The van der Waals surface area contributed by atoms with Gasteiger partial charge in [-0.05, 0) is 81.1 Å². The van der Waals surface area contributed by atoms with Gasteiger partial charge in [-0.1, -0.05) is 18.3 Å². The number of hydrogen-bond donors (Lipinski definition) is 1. The number of nitrogens with zero attached hydrogens (tertiary/aromatic N) is 8. The molecule has 0 spiro atoms. The minimum absolute atomic E-state index is 0.294. The Balaban J connectivity index is 1.29. The number of hydrogen-bond acceptors (Lipinski definition) is 9. The quantitative estimate of drug-likeness (QED) is 0.354. The van der Waals surface area contributed by atoms with Crippen molar-refractivity contribution in [3.63, 3.8) is 0 Å². The first-order valence-electron chi connectivity index (χ1n) is 13.9. The number of fused-ring (bicyclic) bond motifs is 1. The van der Waals surface area contributed by atoms with E-state index >= 15 is 0 Å². The first kappa shape index (κ1) is 26.6. The summed E-state index contributed by atoms with van der Waals surface area (Å²) in [6, 6.07) is 12.9. The van der Waals surface area contributed by atoms with Gasteiger partial charge in [-0.3, -0.25) is 4.90 Å². The van der Waals surface area contributed by atoms with Crippen LogP contribution in [-0.4, -0.2) is 75.5 Å². The number of aliphatic hydroxyl groups is 1. The zero-order valence-corrected chi connectivity index (χ0v) is 23.6. The maximum atomic E-state index is 13.5. The van der Waals surface area contributed by atoms with Crippen molar-refractivity contribution in [3.8, 4) is 17.3 Å². The molecule has 1 aromatic carbocycles. The molecule has 2 aliphatic rings. The molecule has 208 valence electrons. The van der Waals surface area contributed by atoms with Crippen molar-refractivity contribution in [1.29, 1.82) is 5.26 Å². The van der Waals surface area contributed by atoms with Crippen LogP contribution in [0.2, 0.25) is 0 Å². The van der Waals surface area contributed by atoms with Crippen LogP contribution >= 0.6 is 11.3 Å². The first-order valence-corrected chi connectivity index (χ1v) is 14.7. The number of aryl methyl sites for hydroxylation is 1. The molecule has 1 atom stereocenters. The van der Waals surface area contributed by atoms with Crippen molar-refractivity contribution < 1.29 is 9.50 Å². The Kier molecular flexibility index (Phi) is 7.40. The van der Waals surface area contributed by atoms with E-state index in [1.165, 1.54) is 23.5 Å².